The predicted octanol–water partition coefficient (Wildman–Crippen LogP) is 4.10. The van der Waals surface area contributed by atoms with Crippen molar-refractivity contribution in [1.82, 2.24) is 0 Å². The molecule has 0 spiro atoms. The minimum Gasteiger partial charge on any atom is -0.382 e. The Morgan fingerprint density at radius 3 is 2.23 bits per heavy atom. The van der Waals surface area contributed by atoms with Crippen LogP contribution in [0.2, 0.25) is 5.02 Å². The molecule has 5 heteroatoms. The number of amides is 1. The van der Waals surface area contributed by atoms with Crippen LogP contribution in [0.15, 0.2) is 48.5 Å². The van der Waals surface area contributed by atoms with Gasteiger partial charge in [-0.15, -0.1) is 0 Å². The topological polar surface area (TPSA) is 50.4 Å². The maximum atomic E-state index is 11.0. The first-order valence-electron chi connectivity index (χ1n) is 6.97. The number of rotatable bonds is 6. The first-order chi connectivity index (χ1) is 10.6. The van der Waals surface area contributed by atoms with E-state index in [0.29, 0.717) is 11.6 Å². The predicted molar refractivity (Wildman–Crippen MR) is 90.4 cm³/mol. The van der Waals surface area contributed by atoms with E-state index < -0.39 is 0 Å². The monoisotopic (exact) mass is 318 g/mol. The van der Waals surface area contributed by atoms with Gasteiger partial charge in [0.15, 0.2) is 0 Å². The molecule has 0 aliphatic heterocycles. The number of anilines is 2. The van der Waals surface area contributed by atoms with Crippen molar-refractivity contribution >= 4 is 28.9 Å². The normalized spacial score (nSPS) is 11.8. The molecule has 0 saturated heterocycles. The number of hydrogen-bond acceptors (Lipinski definition) is 3. The first kappa shape index (κ1) is 16.3. The Balaban J connectivity index is 2.10. The maximum absolute atomic E-state index is 11.0. The number of halogens is 1. The smallest absolute Gasteiger partial charge is 0.221 e. The van der Waals surface area contributed by atoms with E-state index in [1.54, 1.807) is 7.11 Å². The molecule has 1 amide bonds. The highest BCUT2D eigenvalue weighted by atomic mass is 35.5. The van der Waals surface area contributed by atoms with E-state index in [9.17, 15) is 4.79 Å². The van der Waals surface area contributed by atoms with Crippen LogP contribution in [0.1, 0.15) is 18.5 Å². The third-order valence-electron chi connectivity index (χ3n) is 3.15. The Hall–Kier alpha value is -2.04. The second-order valence-corrected chi connectivity index (χ2v) is 5.40. The first-order valence-corrected chi connectivity index (χ1v) is 7.35. The molecule has 1 atom stereocenters. The van der Waals surface area contributed by atoms with Gasteiger partial charge in [-0.3, -0.25) is 4.79 Å². The minimum atomic E-state index is -0.0841. The molecule has 2 N–H and O–H groups in total. The van der Waals surface area contributed by atoms with E-state index in [0.717, 1.165) is 16.9 Å². The molecule has 0 heterocycles. The summed E-state index contributed by atoms with van der Waals surface area (Å²) in [6.45, 7) is 2.02. The fraction of sp³-hybridized carbons (Fsp3) is 0.235. The third-order valence-corrected chi connectivity index (χ3v) is 3.40. The lowest BCUT2D eigenvalue weighted by Crippen LogP contribution is -2.16. The van der Waals surface area contributed by atoms with Gasteiger partial charge in [0, 0.05) is 30.4 Å². The van der Waals surface area contributed by atoms with Crippen molar-refractivity contribution in [2.24, 2.45) is 0 Å². The molecule has 0 fully saturated rings. The van der Waals surface area contributed by atoms with E-state index in [1.165, 1.54) is 6.92 Å². The van der Waals surface area contributed by atoms with Crippen molar-refractivity contribution in [3.63, 3.8) is 0 Å². The van der Waals surface area contributed by atoms with Crippen molar-refractivity contribution in [2.45, 2.75) is 13.0 Å². The van der Waals surface area contributed by atoms with Crippen LogP contribution in [0.3, 0.4) is 0 Å². The van der Waals surface area contributed by atoms with Gasteiger partial charge < -0.3 is 15.4 Å². The average molecular weight is 319 g/mol. The second-order valence-electron chi connectivity index (χ2n) is 4.96. The van der Waals surface area contributed by atoms with Gasteiger partial charge in [0.1, 0.15) is 0 Å². The summed E-state index contributed by atoms with van der Waals surface area (Å²) in [5.41, 5.74) is 2.82. The van der Waals surface area contributed by atoms with Gasteiger partial charge in [-0.2, -0.15) is 0 Å². The quantitative estimate of drug-likeness (QED) is 0.843. The Morgan fingerprint density at radius 1 is 1.09 bits per heavy atom. The molecule has 0 radical (unpaired) electrons. The molecule has 2 aromatic carbocycles. The summed E-state index contributed by atoms with van der Waals surface area (Å²) in [4.78, 5) is 11.0. The van der Waals surface area contributed by atoms with Gasteiger partial charge in [0.25, 0.3) is 0 Å². The SMILES string of the molecule is COC[C@@H](Nc1ccc(NC(C)=O)cc1)c1ccc(Cl)cc1. The zero-order valence-corrected chi connectivity index (χ0v) is 13.4. The largest absolute Gasteiger partial charge is 0.382 e. The van der Waals surface area contributed by atoms with Crippen LogP contribution >= 0.6 is 11.6 Å². The van der Waals surface area contributed by atoms with Crippen molar-refractivity contribution in [3.8, 4) is 0 Å². The van der Waals surface area contributed by atoms with Crippen LogP contribution in [-0.2, 0) is 9.53 Å². The molecule has 0 unspecified atom stereocenters. The lowest BCUT2D eigenvalue weighted by Gasteiger charge is -2.20. The summed E-state index contributed by atoms with van der Waals surface area (Å²) in [6, 6.07) is 15.3. The molecule has 0 aliphatic carbocycles. The van der Waals surface area contributed by atoms with Crippen LogP contribution < -0.4 is 10.6 Å². The number of carbonyl (C=O) groups excluding carboxylic acids is 1. The number of nitrogens with one attached hydrogen (secondary N) is 2. The minimum absolute atomic E-state index is 0.0221. The third kappa shape index (κ3) is 4.76. The summed E-state index contributed by atoms with van der Waals surface area (Å²) in [5.74, 6) is -0.0841. The van der Waals surface area contributed by atoms with Crippen LogP contribution in [0.25, 0.3) is 0 Å². The number of hydrogen-bond donors (Lipinski definition) is 2. The second kappa shape index (κ2) is 7.82. The number of methoxy groups -OCH3 is 1. The van der Waals surface area contributed by atoms with Gasteiger partial charge in [-0.1, -0.05) is 23.7 Å². The molecular weight excluding hydrogens is 300 g/mol. The summed E-state index contributed by atoms with van der Waals surface area (Å²) in [6.07, 6.45) is 0. The summed E-state index contributed by atoms with van der Waals surface area (Å²) in [5, 5.41) is 6.87. The van der Waals surface area contributed by atoms with E-state index in [2.05, 4.69) is 10.6 Å². The summed E-state index contributed by atoms with van der Waals surface area (Å²) < 4.78 is 5.28. The molecular formula is C17H19ClN2O2. The Bertz CT molecular complexity index is 612. The van der Waals surface area contributed by atoms with E-state index >= 15 is 0 Å². The van der Waals surface area contributed by atoms with E-state index in [-0.39, 0.29) is 11.9 Å². The van der Waals surface area contributed by atoms with Gasteiger partial charge in [-0.05, 0) is 42.0 Å². The molecule has 4 nitrogen and oxygen atoms in total. The van der Waals surface area contributed by atoms with Crippen LogP contribution in [-0.4, -0.2) is 19.6 Å². The van der Waals surface area contributed by atoms with Gasteiger partial charge in [0.05, 0.1) is 12.6 Å². The molecule has 0 aromatic heterocycles. The molecule has 2 aromatic rings. The summed E-state index contributed by atoms with van der Waals surface area (Å²) >= 11 is 5.93. The van der Waals surface area contributed by atoms with Crippen molar-refractivity contribution < 1.29 is 9.53 Å². The fourth-order valence-corrected chi connectivity index (χ4v) is 2.26. The maximum Gasteiger partial charge on any atom is 0.221 e. The Morgan fingerprint density at radius 2 is 1.68 bits per heavy atom. The fourth-order valence-electron chi connectivity index (χ4n) is 2.14. The van der Waals surface area contributed by atoms with Gasteiger partial charge >= 0.3 is 0 Å². The van der Waals surface area contributed by atoms with Crippen LogP contribution in [0.5, 0.6) is 0 Å². The average Bonchev–Trinajstić information content (AvgIpc) is 2.49. The molecule has 22 heavy (non-hydrogen) atoms. The molecule has 0 bridgehead atoms. The van der Waals surface area contributed by atoms with E-state index in [4.69, 9.17) is 16.3 Å². The number of ether oxygens (including phenoxy) is 1. The Labute approximate surface area is 135 Å². The highest BCUT2D eigenvalue weighted by Gasteiger charge is 2.11. The van der Waals surface area contributed by atoms with Gasteiger partial charge in [-0.25, -0.2) is 0 Å². The van der Waals surface area contributed by atoms with Crippen LogP contribution in [0.4, 0.5) is 11.4 Å². The summed E-state index contributed by atoms with van der Waals surface area (Å²) in [7, 11) is 1.67. The van der Waals surface area contributed by atoms with Crippen molar-refractivity contribution in [1.29, 1.82) is 0 Å². The lowest BCUT2D eigenvalue weighted by molar-refractivity contribution is -0.114. The van der Waals surface area contributed by atoms with Crippen molar-refractivity contribution in [2.75, 3.05) is 24.4 Å². The van der Waals surface area contributed by atoms with Gasteiger partial charge in [0.2, 0.25) is 5.91 Å². The molecule has 116 valence electrons. The zero-order chi connectivity index (χ0) is 15.9. The van der Waals surface area contributed by atoms with E-state index in [1.807, 2.05) is 48.5 Å². The molecule has 0 aliphatic rings. The highest BCUT2D eigenvalue weighted by molar-refractivity contribution is 6.30. The van der Waals surface area contributed by atoms with Crippen molar-refractivity contribution in [3.05, 3.63) is 59.1 Å². The standard InChI is InChI=1S/C17H19ClN2O2/c1-12(21)19-15-7-9-16(10-8-15)20-17(11-22-2)13-3-5-14(18)6-4-13/h3-10,17,20H,11H2,1-2H3,(H,19,21)/t17-/m1/s1. The Kier molecular flexibility index (Phi) is 5.81. The molecule has 0 saturated carbocycles. The zero-order valence-electron chi connectivity index (χ0n) is 12.6. The molecule has 2 rings (SSSR count). The number of carbonyl (C=O) groups is 1. The lowest BCUT2D eigenvalue weighted by atomic mass is 10.1. The van der Waals surface area contributed by atoms with Crippen LogP contribution in [0, 0.1) is 0 Å². The highest BCUT2D eigenvalue weighted by Crippen LogP contribution is 2.23. The number of benzene rings is 2.